The van der Waals surface area contributed by atoms with Crippen molar-refractivity contribution in [2.75, 3.05) is 33.2 Å². The molecule has 2 unspecified atom stereocenters. The summed E-state index contributed by atoms with van der Waals surface area (Å²) in [5, 5.41) is 7.41. The minimum Gasteiger partial charge on any atom is -0.357 e. The Labute approximate surface area is 168 Å². The average molecular weight is 465 g/mol. The molecule has 1 fully saturated rings. The largest absolute Gasteiger partial charge is 0.357 e. The molecular weight excluding hydrogens is 435 g/mol. The van der Waals surface area contributed by atoms with Crippen molar-refractivity contribution in [2.45, 2.75) is 32.7 Å². The van der Waals surface area contributed by atoms with Gasteiger partial charge in [-0.05, 0) is 63.9 Å². The second-order valence-electron chi connectivity index (χ2n) is 6.13. The highest BCUT2D eigenvalue weighted by molar-refractivity contribution is 14.0. The van der Waals surface area contributed by atoms with Crippen molar-refractivity contribution in [1.82, 2.24) is 15.5 Å². The molecule has 1 saturated heterocycles. The van der Waals surface area contributed by atoms with Gasteiger partial charge in [0.05, 0.1) is 0 Å². The third-order valence-electron chi connectivity index (χ3n) is 4.37. The van der Waals surface area contributed by atoms with Crippen molar-refractivity contribution in [1.29, 1.82) is 0 Å². The van der Waals surface area contributed by atoms with Crippen LogP contribution in [0.1, 0.15) is 38.3 Å². The van der Waals surface area contributed by atoms with Crippen molar-refractivity contribution < 1.29 is 0 Å². The summed E-state index contributed by atoms with van der Waals surface area (Å²) in [4.78, 5) is 7.23. The van der Waals surface area contributed by atoms with Gasteiger partial charge in [-0.15, -0.1) is 24.0 Å². The molecule has 0 saturated carbocycles. The van der Waals surface area contributed by atoms with Crippen LogP contribution in [0.3, 0.4) is 0 Å². The molecule has 4 nitrogen and oxygen atoms in total. The number of hydrogen-bond acceptors (Lipinski definition) is 2. The van der Waals surface area contributed by atoms with Gasteiger partial charge in [0, 0.05) is 30.7 Å². The van der Waals surface area contributed by atoms with Crippen LogP contribution in [-0.4, -0.2) is 44.1 Å². The van der Waals surface area contributed by atoms with Crippen molar-refractivity contribution in [3.63, 3.8) is 0 Å². The van der Waals surface area contributed by atoms with Gasteiger partial charge >= 0.3 is 0 Å². The van der Waals surface area contributed by atoms with Crippen LogP contribution in [0.25, 0.3) is 0 Å². The molecule has 136 valence electrons. The minimum atomic E-state index is 0. The lowest BCUT2D eigenvalue weighted by Gasteiger charge is -2.39. The number of guanidine groups is 1. The van der Waals surface area contributed by atoms with E-state index in [1.807, 2.05) is 12.1 Å². The Morgan fingerprint density at radius 3 is 2.62 bits per heavy atom. The molecule has 0 radical (unpaired) electrons. The van der Waals surface area contributed by atoms with Gasteiger partial charge in [-0.3, -0.25) is 9.89 Å². The van der Waals surface area contributed by atoms with Crippen LogP contribution >= 0.6 is 35.6 Å². The molecule has 24 heavy (non-hydrogen) atoms. The van der Waals surface area contributed by atoms with Gasteiger partial charge in [0.25, 0.3) is 0 Å². The molecule has 0 amide bonds. The second-order valence-corrected chi connectivity index (χ2v) is 6.57. The number of nitrogens with zero attached hydrogens (tertiary/aromatic N) is 2. The third kappa shape index (κ3) is 6.08. The fraction of sp³-hybridized carbons (Fsp3) is 0.611. The number of benzene rings is 1. The van der Waals surface area contributed by atoms with E-state index in [0.717, 1.165) is 37.2 Å². The predicted octanol–water partition coefficient (Wildman–Crippen LogP) is 3.92. The van der Waals surface area contributed by atoms with E-state index < -0.39 is 0 Å². The molecule has 0 spiro atoms. The van der Waals surface area contributed by atoms with E-state index in [2.05, 4.69) is 48.6 Å². The summed E-state index contributed by atoms with van der Waals surface area (Å²) in [5.41, 5.74) is 1.30. The third-order valence-corrected chi connectivity index (χ3v) is 4.60. The van der Waals surface area contributed by atoms with E-state index in [1.165, 1.54) is 18.4 Å². The van der Waals surface area contributed by atoms with Crippen LogP contribution in [0.2, 0.25) is 5.02 Å². The second kappa shape index (κ2) is 11.2. The van der Waals surface area contributed by atoms with Crippen LogP contribution < -0.4 is 10.6 Å². The maximum atomic E-state index is 6.20. The van der Waals surface area contributed by atoms with Crippen LogP contribution in [0, 0.1) is 5.92 Å². The normalized spacial score (nSPS) is 20.8. The van der Waals surface area contributed by atoms with E-state index in [-0.39, 0.29) is 24.0 Å². The van der Waals surface area contributed by atoms with Gasteiger partial charge in [0.1, 0.15) is 0 Å². The molecule has 6 heteroatoms. The molecule has 0 bridgehead atoms. The Morgan fingerprint density at radius 2 is 2.00 bits per heavy atom. The zero-order chi connectivity index (χ0) is 16.7. The molecule has 1 aromatic carbocycles. The van der Waals surface area contributed by atoms with Gasteiger partial charge in [0.2, 0.25) is 0 Å². The standard InChI is InChI=1S/C18H29ClN4.HI/c1-4-20-18(21-5-2)22-13-15-9-7-11-23(3)17(15)14-8-6-10-16(19)12-14;/h6,8,10,12,15,17H,4-5,7,9,11,13H2,1-3H3,(H2,20,21,22);1H. The first kappa shape index (κ1) is 21.5. The maximum Gasteiger partial charge on any atom is 0.191 e. The summed E-state index contributed by atoms with van der Waals surface area (Å²) >= 11 is 6.20. The zero-order valence-electron chi connectivity index (χ0n) is 14.9. The molecule has 0 aliphatic carbocycles. The summed E-state index contributed by atoms with van der Waals surface area (Å²) in [7, 11) is 2.21. The quantitative estimate of drug-likeness (QED) is 0.394. The highest BCUT2D eigenvalue weighted by Crippen LogP contribution is 2.36. The fourth-order valence-electron chi connectivity index (χ4n) is 3.39. The Hall–Kier alpha value is -0.530. The molecule has 0 aromatic heterocycles. The van der Waals surface area contributed by atoms with Crippen molar-refractivity contribution >= 4 is 41.5 Å². The van der Waals surface area contributed by atoms with Crippen molar-refractivity contribution in [2.24, 2.45) is 10.9 Å². The van der Waals surface area contributed by atoms with Gasteiger partial charge in [0.15, 0.2) is 5.96 Å². The molecule has 1 aliphatic rings. The van der Waals surface area contributed by atoms with E-state index in [4.69, 9.17) is 16.6 Å². The number of aliphatic imine (C=N–C) groups is 1. The van der Waals surface area contributed by atoms with Crippen LogP contribution in [-0.2, 0) is 0 Å². The number of nitrogens with one attached hydrogen (secondary N) is 2. The van der Waals surface area contributed by atoms with Crippen LogP contribution in [0.5, 0.6) is 0 Å². The van der Waals surface area contributed by atoms with Gasteiger partial charge in [-0.1, -0.05) is 23.7 Å². The Kier molecular flexibility index (Phi) is 10.0. The summed E-state index contributed by atoms with van der Waals surface area (Å²) in [6, 6.07) is 8.65. The lowest BCUT2D eigenvalue weighted by atomic mass is 9.85. The van der Waals surface area contributed by atoms with E-state index in [1.54, 1.807) is 0 Å². The molecular formula is C18H30ClIN4. The lowest BCUT2D eigenvalue weighted by molar-refractivity contribution is 0.125. The van der Waals surface area contributed by atoms with E-state index in [0.29, 0.717) is 12.0 Å². The average Bonchev–Trinajstić information content (AvgIpc) is 2.53. The summed E-state index contributed by atoms with van der Waals surface area (Å²) in [6.45, 7) is 7.91. The number of halogens is 2. The zero-order valence-corrected chi connectivity index (χ0v) is 18.0. The lowest BCUT2D eigenvalue weighted by Crippen LogP contribution is -2.40. The predicted molar refractivity (Wildman–Crippen MR) is 115 cm³/mol. The topological polar surface area (TPSA) is 39.7 Å². The highest BCUT2D eigenvalue weighted by Gasteiger charge is 2.30. The smallest absolute Gasteiger partial charge is 0.191 e. The Morgan fingerprint density at radius 1 is 1.29 bits per heavy atom. The number of likely N-dealkylation sites (tertiary alicyclic amines) is 1. The Bertz CT molecular complexity index is 515. The number of hydrogen-bond donors (Lipinski definition) is 2. The van der Waals surface area contributed by atoms with Gasteiger partial charge in [-0.25, -0.2) is 0 Å². The monoisotopic (exact) mass is 464 g/mol. The Balaban J connectivity index is 0.00000288. The summed E-state index contributed by atoms with van der Waals surface area (Å²) < 4.78 is 0. The minimum absolute atomic E-state index is 0. The SMILES string of the molecule is CCNC(=NCC1CCCN(C)C1c1cccc(Cl)c1)NCC.I. The molecule has 1 aliphatic heterocycles. The van der Waals surface area contributed by atoms with Crippen molar-refractivity contribution in [3.05, 3.63) is 34.9 Å². The molecule has 1 aromatic rings. The van der Waals surface area contributed by atoms with Gasteiger partial charge < -0.3 is 10.6 Å². The number of piperidine rings is 1. The van der Waals surface area contributed by atoms with E-state index >= 15 is 0 Å². The van der Waals surface area contributed by atoms with Gasteiger partial charge in [-0.2, -0.15) is 0 Å². The first-order valence-corrected chi connectivity index (χ1v) is 9.01. The first-order chi connectivity index (χ1) is 11.2. The van der Waals surface area contributed by atoms with Crippen molar-refractivity contribution in [3.8, 4) is 0 Å². The molecule has 2 rings (SSSR count). The fourth-order valence-corrected chi connectivity index (χ4v) is 3.58. The van der Waals surface area contributed by atoms with Crippen LogP contribution in [0.15, 0.2) is 29.3 Å². The summed E-state index contributed by atoms with van der Waals surface area (Å²) in [5.74, 6) is 1.42. The summed E-state index contributed by atoms with van der Waals surface area (Å²) in [6.07, 6.45) is 2.43. The van der Waals surface area contributed by atoms with Crippen LogP contribution in [0.4, 0.5) is 0 Å². The van der Waals surface area contributed by atoms with E-state index in [9.17, 15) is 0 Å². The molecule has 2 N–H and O–H groups in total. The maximum absolute atomic E-state index is 6.20. The highest BCUT2D eigenvalue weighted by atomic mass is 127. The molecule has 1 heterocycles. The molecule has 2 atom stereocenters. The number of rotatable bonds is 5. The first-order valence-electron chi connectivity index (χ1n) is 8.63.